The van der Waals surface area contributed by atoms with Gasteiger partial charge in [-0.15, -0.1) is 11.8 Å². The lowest BCUT2D eigenvalue weighted by Crippen LogP contribution is -1.88. The Bertz CT molecular complexity index is 719. The van der Waals surface area contributed by atoms with Crippen molar-refractivity contribution in [3.63, 3.8) is 0 Å². The number of thioether (sulfide) groups is 1. The number of fused-ring (bicyclic) bond motifs is 1. The average Bonchev–Trinajstić information content (AvgIpc) is 2.87. The molecular weight excluding hydrogens is 268 g/mol. The van der Waals surface area contributed by atoms with Crippen LogP contribution in [-0.4, -0.2) is 16.9 Å². The van der Waals surface area contributed by atoms with Crippen LogP contribution in [0.25, 0.3) is 10.9 Å². The first kappa shape index (κ1) is 13.1. The Morgan fingerprint density at radius 1 is 1.15 bits per heavy atom. The molecule has 1 heterocycles. The number of benzene rings is 2. The van der Waals surface area contributed by atoms with Gasteiger partial charge < -0.3 is 4.74 Å². The van der Waals surface area contributed by atoms with Gasteiger partial charge in [-0.25, -0.2) is 0 Å². The van der Waals surface area contributed by atoms with E-state index in [1.165, 1.54) is 21.4 Å². The van der Waals surface area contributed by atoms with Crippen molar-refractivity contribution in [2.45, 2.75) is 10.6 Å². The third kappa shape index (κ3) is 2.65. The van der Waals surface area contributed by atoms with E-state index in [-0.39, 0.29) is 0 Å². The number of ether oxygens (including phenoxy) is 1. The van der Waals surface area contributed by atoms with Gasteiger partial charge in [0.15, 0.2) is 0 Å². The standard InChI is InChI=1S/C16H16N2OS/c1-18-16-9-15(8-5-13(16)10-17-18)20-11-12-3-6-14(19-2)7-4-12/h3-10H,11H2,1-2H3. The number of methoxy groups -OCH3 is 1. The molecule has 0 fully saturated rings. The van der Waals surface area contributed by atoms with Gasteiger partial charge in [0.05, 0.1) is 18.8 Å². The first-order chi connectivity index (χ1) is 9.76. The minimum absolute atomic E-state index is 0.898. The molecule has 0 aliphatic rings. The smallest absolute Gasteiger partial charge is 0.118 e. The van der Waals surface area contributed by atoms with Gasteiger partial charge in [0.2, 0.25) is 0 Å². The summed E-state index contributed by atoms with van der Waals surface area (Å²) in [6.07, 6.45) is 1.90. The molecule has 3 rings (SSSR count). The number of aromatic nitrogens is 2. The molecule has 0 saturated carbocycles. The zero-order chi connectivity index (χ0) is 13.9. The summed E-state index contributed by atoms with van der Waals surface area (Å²) in [5.74, 6) is 1.85. The summed E-state index contributed by atoms with van der Waals surface area (Å²) in [4.78, 5) is 1.26. The number of nitrogens with zero attached hydrogens (tertiary/aromatic N) is 2. The molecule has 0 N–H and O–H groups in total. The van der Waals surface area contributed by atoms with Crippen molar-refractivity contribution < 1.29 is 4.74 Å². The zero-order valence-electron chi connectivity index (χ0n) is 11.5. The first-order valence-corrected chi connectivity index (χ1v) is 7.42. The topological polar surface area (TPSA) is 27.1 Å². The first-order valence-electron chi connectivity index (χ1n) is 6.44. The number of rotatable bonds is 4. The lowest BCUT2D eigenvalue weighted by Gasteiger charge is -2.04. The maximum atomic E-state index is 5.17. The number of hydrogen-bond donors (Lipinski definition) is 0. The maximum Gasteiger partial charge on any atom is 0.118 e. The van der Waals surface area contributed by atoms with Crippen molar-refractivity contribution in [2.24, 2.45) is 7.05 Å². The molecule has 0 saturated heterocycles. The molecule has 3 aromatic rings. The van der Waals surface area contributed by atoms with Crippen LogP contribution >= 0.6 is 11.8 Å². The van der Waals surface area contributed by atoms with Gasteiger partial charge in [0.1, 0.15) is 5.75 Å². The van der Waals surface area contributed by atoms with Gasteiger partial charge in [-0.3, -0.25) is 4.68 Å². The SMILES string of the molecule is COc1ccc(CSc2ccc3cnn(C)c3c2)cc1. The van der Waals surface area contributed by atoms with E-state index in [1.807, 2.05) is 41.8 Å². The zero-order valence-corrected chi connectivity index (χ0v) is 12.4. The van der Waals surface area contributed by atoms with Gasteiger partial charge in [0, 0.05) is 23.1 Å². The van der Waals surface area contributed by atoms with Crippen molar-refractivity contribution in [3.05, 3.63) is 54.2 Å². The molecule has 0 radical (unpaired) electrons. The fourth-order valence-electron chi connectivity index (χ4n) is 2.10. The van der Waals surface area contributed by atoms with E-state index in [9.17, 15) is 0 Å². The summed E-state index contributed by atoms with van der Waals surface area (Å²) in [5.41, 5.74) is 2.46. The fourth-order valence-corrected chi connectivity index (χ4v) is 2.99. The van der Waals surface area contributed by atoms with Crippen LogP contribution in [0.2, 0.25) is 0 Å². The molecule has 3 nitrogen and oxygen atoms in total. The Hall–Kier alpha value is -1.94. The van der Waals surface area contributed by atoms with Crippen LogP contribution in [-0.2, 0) is 12.8 Å². The highest BCUT2D eigenvalue weighted by Gasteiger charge is 2.02. The van der Waals surface area contributed by atoms with Crippen molar-refractivity contribution in [2.75, 3.05) is 7.11 Å². The second-order valence-electron chi connectivity index (χ2n) is 4.63. The predicted molar refractivity (Wildman–Crippen MR) is 83.3 cm³/mol. The largest absolute Gasteiger partial charge is 0.497 e. The summed E-state index contributed by atoms with van der Waals surface area (Å²) in [6, 6.07) is 14.7. The van der Waals surface area contributed by atoms with Crippen LogP contribution in [0.5, 0.6) is 5.75 Å². The van der Waals surface area contributed by atoms with Crippen molar-refractivity contribution >= 4 is 22.7 Å². The van der Waals surface area contributed by atoms with Gasteiger partial charge in [-0.2, -0.15) is 5.10 Å². The molecule has 0 unspecified atom stereocenters. The van der Waals surface area contributed by atoms with Crippen LogP contribution in [0.1, 0.15) is 5.56 Å². The Balaban J connectivity index is 1.73. The van der Waals surface area contributed by atoms with Crippen LogP contribution in [0.4, 0.5) is 0 Å². The van der Waals surface area contributed by atoms with Gasteiger partial charge in [0.25, 0.3) is 0 Å². The Morgan fingerprint density at radius 2 is 1.95 bits per heavy atom. The Kier molecular flexibility index (Phi) is 3.65. The van der Waals surface area contributed by atoms with E-state index in [2.05, 4.69) is 35.4 Å². The van der Waals surface area contributed by atoms with Crippen LogP contribution < -0.4 is 4.74 Å². The molecule has 0 bridgehead atoms. The summed E-state index contributed by atoms with van der Waals surface area (Å²) in [7, 11) is 3.66. The Morgan fingerprint density at radius 3 is 2.70 bits per heavy atom. The van der Waals surface area contributed by atoms with Crippen molar-refractivity contribution in [1.29, 1.82) is 0 Å². The van der Waals surface area contributed by atoms with E-state index in [4.69, 9.17) is 4.74 Å². The van der Waals surface area contributed by atoms with Gasteiger partial charge in [-0.05, 0) is 29.8 Å². The molecule has 0 amide bonds. The predicted octanol–water partition coefficient (Wildman–Crippen LogP) is 3.87. The lowest BCUT2D eigenvalue weighted by atomic mass is 10.2. The summed E-state index contributed by atoms with van der Waals surface area (Å²) in [6.45, 7) is 0. The molecule has 4 heteroatoms. The molecule has 1 aromatic heterocycles. The van der Waals surface area contributed by atoms with Crippen LogP contribution in [0.15, 0.2) is 53.6 Å². The number of hydrogen-bond acceptors (Lipinski definition) is 3. The van der Waals surface area contributed by atoms with Gasteiger partial charge in [-0.1, -0.05) is 18.2 Å². The number of aryl methyl sites for hydroxylation is 1. The molecule has 0 spiro atoms. The quantitative estimate of drug-likeness (QED) is 0.680. The minimum atomic E-state index is 0.898. The summed E-state index contributed by atoms with van der Waals surface area (Å²) >= 11 is 1.83. The van der Waals surface area contributed by atoms with Crippen molar-refractivity contribution in [3.8, 4) is 5.75 Å². The highest BCUT2D eigenvalue weighted by Crippen LogP contribution is 2.26. The van der Waals surface area contributed by atoms with E-state index in [0.717, 1.165) is 11.5 Å². The molecule has 0 aliphatic carbocycles. The second kappa shape index (κ2) is 5.59. The van der Waals surface area contributed by atoms with Crippen LogP contribution in [0, 0.1) is 0 Å². The maximum absolute atomic E-state index is 5.17. The van der Waals surface area contributed by atoms with E-state index in [1.54, 1.807) is 7.11 Å². The van der Waals surface area contributed by atoms with Gasteiger partial charge >= 0.3 is 0 Å². The highest BCUT2D eigenvalue weighted by molar-refractivity contribution is 7.98. The third-order valence-corrected chi connectivity index (χ3v) is 4.35. The molecule has 2 aromatic carbocycles. The molecule has 0 aliphatic heterocycles. The summed E-state index contributed by atoms with van der Waals surface area (Å²) in [5, 5.41) is 5.45. The monoisotopic (exact) mass is 284 g/mol. The minimum Gasteiger partial charge on any atom is -0.497 e. The average molecular weight is 284 g/mol. The van der Waals surface area contributed by atoms with Crippen LogP contribution in [0.3, 0.4) is 0 Å². The van der Waals surface area contributed by atoms with E-state index >= 15 is 0 Å². The molecule has 102 valence electrons. The lowest BCUT2D eigenvalue weighted by molar-refractivity contribution is 0.414. The van der Waals surface area contributed by atoms with Crippen molar-refractivity contribution in [1.82, 2.24) is 9.78 Å². The normalized spacial score (nSPS) is 10.9. The summed E-state index contributed by atoms with van der Waals surface area (Å²) < 4.78 is 7.08. The highest BCUT2D eigenvalue weighted by atomic mass is 32.2. The molecular formula is C16H16N2OS. The van der Waals surface area contributed by atoms with E-state index < -0.39 is 0 Å². The Labute approximate surface area is 122 Å². The molecule has 20 heavy (non-hydrogen) atoms. The second-order valence-corrected chi connectivity index (χ2v) is 5.67. The molecule has 0 atom stereocenters. The fraction of sp³-hybridized carbons (Fsp3) is 0.188. The third-order valence-electron chi connectivity index (χ3n) is 3.29. The van der Waals surface area contributed by atoms with E-state index in [0.29, 0.717) is 0 Å².